The molecule has 1 heterocycles. The van der Waals surface area contributed by atoms with Crippen LogP contribution in [0.15, 0.2) is 28.8 Å². The number of hydrogen-bond donors (Lipinski definition) is 0. The lowest BCUT2D eigenvalue weighted by Crippen LogP contribution is -2.25. The molecule has 0 unspecified atom stereocenters. The van der Waals surface area contributed by atoms with Crippen molar-refractivity contribution in [3.63, 3.8) is 0 Å². The van der Waals surface area contributed by atoms with Gasteiger partial charge in [-0.25, -0.2) is 0 Å². The van der Waals surface area contributed by atoms with Crippen LogP contribution in [0.5, 0.6) is 0 Å². The van der Waals surface area contributed by atoms with E-state index in [1.165, 1.54) is 24.0 Å². The molecule has 1 aromatic carbocycles. The minimum Gasteiger partial charge on any atom is -0.338 e. The molecule has 1 aromatic heterocycles. The fraction of sp³-hybridized carbons (Fsp3) is 0.579. The van der Waals surface area contributed by atoms with E-state index in [1.54, 1.807) is 0 Å². The monoisotopic (exact) mass is 313 g/mol. The maximum absolute atomic E-state index is 5.41. The molecule has 1 fully saturated rings. The number of nitrogens with zero attached hydrogens (tertiary/aromatic N) is 3. The molecule has 0 amide bonds. The predicted octanol–water partition coefficient (Wildman–Crippen LogP) is 4.31. The predicted molar refractivity (Wildman–Crippen MR) is 91.1 cm³/mol. The highest BCUT2D eigenvalue weighted by Gasteiger charge is 2.30. The Bertz CT molecular complexity index is 614. The topological polar surface area (TPSA) is 42.2 Å². The van der Waals surface area contributed by atoms with Gasteiger partial charge in [0.25, 0.3) is 0 Å². The molecule has 1 aliphatic carbocycles. The first kappa shape index (κ1) is 16.2. The van der Waals surface area contributed by atoms with Crippen LogP contribution in [0.4, 0.5) is 0 Å². The zero-order valence-corrected chi connectivity index (χ0v) is 14.5. The molecule has 0 aliphatic heterocycles. The van der Waals surface area contributed by atoms with Crippen LogP contribution in [0, 0.1) is 0 Å². The molecule has 0 bridgehead atoms. The quantitative estimate of drug-likeness (QED) is 0.728. The Morgan fingerprint density at radius 3 is 2.52 bits per heavy atom. The Hall–Kier alpha value is -1.68. The van der Waals surface area contributed by atoms with Crippen molar-refractivity contribution in [1.82, 2.24) is 15.0 Å². The molecular weight excluding hydrogens is 286 g/mol. The third kappa shape index (κ3) is 4.41. The minimum atomic E-state index is 0.582. The summed E-state index contributed by atoms with van der Waals surface area (Å²) in [7, 11) is 0. The third-order valence-electron chi connectivity index (χ3n) is 4.42. The van der Waals surface area contributed by atoms with Gasteiger partial charge in [-0.15, -0.1) is 0 Å². The summed E-state index contributed by atoms with van der Waals surface area (Å²) in [4.78, 5) is 6.98. The van der Waals surface area contributed by atoms with Crippen LogP contribution in [-0.2, 0) is 19.5 Å². The van der Waals surface area contributed by atoms with Crippen molar-refractivity contribution >= 4 is 0 Å². The molecule has 3 rings (SSSR count). The molecule has 0 N–H and O–H groups in total. The van der Waals surface area contributed by atoms with Gasteiger partial charge in [-0.05, 0) is 36.3 Å². The molecule has 0 spiro atoms. The summed E-state index contributed by atoms with van der Waals surface area (Å²) in [6.07, 6.45) is 4.50. The minimum absolute atomic E-state index is 0.582. The van der Waals surface area contributed by atoms with Crippen molar-refractivity contribution in [2.45, 2.75) is 71.5 Å². The zero-order valence-electron chi connectivity index (χ0n) is 14.5. The lowest BCUT2D eigenvalue weighted by atomic mass is 10.0. The van der Waals surface area contributed by atoms with Crippen LogP contribution >= 0.6 is 0 Å². The van der Waals surface area contributed by atoms with Gasteiger partial charge in [0.05, 0.1) is 6.54 Å². The highest BCUT2D eigenvalue weighted by molar-refractivity contribution is 5.24. The Labute approximate surface area is 138 Å². The first-order chi connectivity index (χ1) is 11.2. The van der Waals surface area contributed by atoms with Crippen LogP contribution in [0.3, 0.4) is 0 Å². The van der Waals surface area contributed by atoms with Crippen LogP contribution in [-0.4, -0.2) is 21.1 Å². The first-order valence-electron chi connectivity index (χ1n) is 8.80. The smallest absolute Gasteiger partial charge is 0.240 e. The van der Waals surface area contributed by atoms with Gasteiger partial charge in [0.1, 0.15) is 0 Å². The van der Waals surface area contributed by atoms with Gasteiger partial charge in [0.15, 0.2) is 5.82 Å². The molecule has 4 nitrogen and oxygen atoms in total. The summed E-state index contributed by atoms with van der Waals surface area (Å²) in [6.45, 7) is 8.30. The number of rotatable bonds is 8. The van der Waals surface area contributed by atoms with E-state index in [2.05, 4.69) is 60.1 Å². The fourth-order valence-electron chi connectivity index (χ4n) is 2.85. The number of benzene rings is 1. The van der Waals surface area contributed by atoms with Gasteiger partial charge in [0.2, 0.25) is 5.89 Å². The molecule has 0 radical (unpaired) electrons. The summed E-state index contributed by atoms with van der Waals surface area (Å²) in [5.74, 6) is 2.16. The van der Waals surface area contributed by atoms with Gasteiger partial charge in [-0.2, -0.15) is 4.98 Å². The summed E-state index contributed by atoms with van der Waals surface area (Å²) in [5.41, 5.74) is 2.75. The first-order valence-corrected chi connectivity index (χ1v) is 8.80. The van der Waals surface area contributed by atoms with Gasteiger partial charge >= 0.3 is 0 Å². The lowest BCUT2D eigenvalue weighted by molar-refractivity contribution is 0.209. The van der Waals surface area contributed by atoms with Crippen molar-refractivity contribution in [2.24, 2.45) is 0 Å². The summed E-state index contributed by atoms with van der Waals surface area (Å²) < 4.78 is 5.41. The van der Waals surface area contributed by atoms with Gasteiger partial charge in [-0.3, -0.25) is 4.90 Å². The number of aromatic nitrogens is 2. The van der Waals surface area contributed by atoms with E-state index >= 15 is 0 Å². The van der Waals surface area contributed by atoms with Crippen LogP contribution in [0.1, 0.15) is 68.8 Å². The van der Waals surface area contributed by atoms with Gasteiger partial charge < -0.3 is 4.52 Å². The highest BCUT2D eigenvalue weighted by Crippen LogP contribution is 2.30. The Morgan fingerprint density at radius 1 is 1.17 bits per heavy atom. The van der Waals surface area contributed by atoms with E-state index in [0.29, 0.717) is 12.0 Å². The van der Waals surface area contributed by atoms with E-state index in [4.69, 9.17) is 4.52 Å². The standard InChI is InChI=1S/C19H27N3O/c1-4-5-18-20-19(23-21-18)13-22(17-10-11-17)12-15-6-8-16(9-7-15)14(2)3/h6-9,14,17H,4-5,10-13H2,1-3H3. The van der Waals surface area contributed by atoms with Crippen LogP contribution < -0.4 is 0 Å². The Kier molecular flexibility index (Phi) is 5.11. The maximum Gasteiger partial charge on any atom is 0.240 e. The van der Waals surface area contributed by atoms with E-state index in [-0.39, 0.29) is 0 Å². The summed E-state index contributed by atoms with van der Waals surface area (Å²) in [5, 5.41) is 4.06. The molecule has 0 saturated heterocycles. The largest absolute Gasteiger partial charge is 0.338 e. The van der Waals surface area contributed by atoms with E-state index in [1.807, 2.05) is 0 Å². The molecule has 1 saturated carbocycles. The van der Waals surface area contributed by atoms with Crippen molar-refractivity contribution in [3.05, 3.63) is 47.1 Å². The molecule has 0 atom stereocenters. The van der Waals surface area contributed by atoms with Crippen molar-refractivity contribution in [1.29, 1.82) is 0 Å². The molecule has 23 heavy (non-hydrogen) atoms. The second-order valence-corrected chi connectivity index (χ2v) is 6.89. The van der Waals surface area contributed by atoms with Crippen molar-refractivity contribution < 1.29 is 4.52 Å². The van der Waals surface area contributed by atoms with Crippen molar-refractivity contribution in [2.75, 3.05) is 0 Å². The van der Waals surface area contributed by atoms with Gasteiger partial charge in [0, 0.05) is 19.0 Å². The molecule has 1 aliphatic rings. The summed E-state index contributed by atoms with van der Waals surface area (Å²) >= 11 is 0. The highest BCUT2D eigenvalue weighted by atomic mass is 16.5. The zero-order chi connectivity index (χ0) is 16.2. The van der Waals surface area contributed by atoms with E-state index in [0.717, 1.165) is 37.6 Å². The normalized spacial score (nSPS) is 14.8. The van der Waals surface area contributed by atoms with Crippen LogP contribution in [0.2, 0.25) is 0 Å². The lowest BCUT2D eigenvalue weighted by Gasteiger charge is -2.20. The fourth-order valence-corrected chi connectivity index (χ4v) is 2.85. The number of aryl methyl sites for hydroxylation is 1. The van der Waals surface area contributed by atoms with E-state index in [9.17, 15) is 0 Å². The average Bonchev–Trinajstić information content (AvgIpc) is 3.29. The number of hydrogen-bond acceptors (Lipinski definition) is 4. The second kappa shape index (κ2) is 7.26. The molecule has 4 heteroatoms. The second-order valence-electron chi connectivity index (χ2n) is 6.89. The summed E-state index contributed by atoms with van der Waals surface area (Å²) in [6, 6.07) is 9.66. The SMILES string of the molecule is CCCc1noc(CN(Cc2ccc(C(C)C)cc2)C2CC2)n1. The average molecular weight is 313 g/mol. The van der Waals surface area contributed by atoms with Crippen molar-refractivity contribution in [3.8, 4) is 0 Å². The maximum atomic E-state index is 5.41. The Morgan fingerprint density at radius 2 is 1.91 bits per heavy atom. The Balaban J connectivity index is 1.64. The van der Waals surface area contributed by atoms with Gasteiger partial charge in [-0.1, -0.05) is 50.2 Å². The van der Waals surface area contributed by atoms with E-state index < -0.39 is 0 Å². The van der Waals surface area contributed by atoms with Crippen LogP contribution in [0.25, 0.3) is 0 Å². The molecule has 2 aromatic rings. The molecule has 124 valence electrons. The molecular formula is C19H27N3O. The third-order valence-corrected chi connectivity index (χ3v) is 4.42.